The van der Waals surface area contributed by atoms with Crippen LogP contribution >= 0.6 is 0 Å². The third-order valence-electron chi connectivity index (χ3n) is 5.99. The standard InChI is InChI=1S/C21H20N2O2/c24-19-16-5-2-1-4-14(16)15-7-6-13(10-17(15)19)20(25)23-18-11-21(18)8-3-9-22-12-21/h1-2,4-7,10,18,22H,3,8-9,11-12H2,(H,23,25). The summed E-state index contributed by atoms with van der Waals surface area (Å²) in [6.45, 7) is 2.08. The average molecular weight is 332 g/mol. The molecule has 1 saturated carbocycles. The number of rotatable bonds is 2. The van der Waals surface area contributed by atoms with Gasteiger partial charge in [0, 0.05) is 34.7 Å². The number of fused-ring (bicyclic) bond motifs is 3. The summed E-state index contributed by atoms with van der Waals surface area (Å²) in [5.41, 5.74) is 4.09. The van der Waals surface area contributed by atoms with Crippen LogP contribution in [0.4, 0.5) is 0 Å². The molecule has 25 heavy (non-hydrogen) atoms. The molecule has 1 amide bonds. The number of hydrogen-bond acceptors (Lipinski definition) is 3. The van der Waals surface area contributed by atoms with E-state index in [0.717, 1.165) is 36.2 Å². The molecule has 0 aromatic heterocycles. The molecule has 3 aliphatic rings. The summed E-state index contributed by atoms with van der Waals surface area (Å²) in [5, 5.41) is 6.60. The van der Waals surface area contributed by atoms with Gasteiger partial charge in [0.25, 0.3) is 5.91 Å². The van der Waals surface area contributed by atoms with Crippen molar-refractivity contribution in [3.05, 3.63) is 59.2 Å². The van der Waals surface area contributed by atoms with E-state index in [0.29, 0.717) is 11.1 Å². The summed E-state index contributed by atoms with van der Waals surface area (Å²) in [5.74, 6) is -0.0568. The van der Waals surface area contributed by atoms with Crippen LogP contribution in [0.5, 0.6) is 0 Å². The van der Waals surface area contributed by atoms with E-state index in [1.54, 1.807) is 6.07 Å². The predicted molar refractivity (Wildman–Crippen MR) is 95.7 cm³/mol. The molecular weight excluding hydrogens is 312 g/mol. The van der Waals surface area contributed by atoms with Gasteiger partial charge in [-0.2, -0.15) is 0 Å². The Balaban J connectivity index is 1.38. The second kappa shape index (κ2) is 5.27. The van der Waals surface area contributed by atoms with E-state index in [-0.39, 0.29) is 23.1 Å². The van der Waals surface area contributed by atoms with Crippen LogP contribution in [0.2, 0.25) is 0 Å². The number of ketones is 1. The first kappa shape index (κ1) is 14.8. The van der Waals surface area contributed by atoms with E-state index in [4.69, 9.17) is 0 Å². The molecule has 126 valence electrons. The summed E-state index contributed by atoms with van der Waals surface area (Å²) >= 11 is 0. The van der Waals surface area contributed by atoms with E-state index >= 15 is 0 Å². The first-order valence-electron chi connectivity index (χ1n) is 8.98. The molecule has 2 aromatic carbocycles. The molecule has 1 aliphatic heterocycles. The highest BCUT2D eigenvalue weighted by molar-refractivity contribution is 6.22. The van der Waals surface area contributed by atoms with Crippen molar-refractivity contribution < 1.29 is 9.59 Å². The zero-order chi connectivity index (χ0) is 17.0. The lowest BCUT2D eigenvalue weighted by Crippen LogP contribution is -2.38. The lowest BCUT2D eigenvalue weighted by Gasteiger charge is -2.23. The molecule has 2 unspecified atom stereocenters. The first-order valence-corrected chi connectivity index (χ1v) is 8.98. The Kier molecular flexibility index (Phi) is 3.13. The van der Waals surface area contributed by atoms with Crippen molar-refractivity contribution in [3.63, 3.8) is 0 Å². The Morgan fingerprint density at radius 3 is 2.68 bits per heavy atom. The van der Waals surface area contributed by atoms with Gasteiger partial charge >= 0.3 is 0 Å². The van der Waals surface area contributed by atoms with E-state index in [1.165, 1.54) is 12.8 Å². The quantitative estimate of drug-likeness (QED) is 0.759. The zero-order valence-corrected chi connectivity index (χ0v) is 14.0. The van der Waals surface area contributed by atoms with Gasteiger partial charge in [-0.15, -0.1) is 0 Å². The van der Waals surface area contributed by atoms with Gasteiger partial charge in [-0.25, -0.2) is 0 Å². The summed E-state index contributed by atoms with van der Waals surface area (Å²) in [6, 6.07) is 13.4. The maximum atomic E-state index is 12.7. The molecule has 2 aromatic rings. The SMILES string of the molecule is O=C(NC1CC12CCCNC2)c1ccc2c(c1)C(=O)c1ccccc1-2. The van der Waals surface area contributed by atoms with Crippen LogP contribution in [0.15, 0.2) is 42.5 Å². The van der Waals surface area contributed by atoms with Gasteiger partial charge in [0.05, 0.1) is 0 Å². The van der Waals surface area contributed by atoms with Crippen molar-refractivity contribution in [1.29, 1.82) is 0 Å². The Bertz CT molecular complexity index is 897. The molecule has 2 aliphatic carbocycles. The number of nitrogens with one attached hydrogen (secondary N) is 2. The molecule has 2 atom stereocenters. The lowest BCUT2D eigenvalue weighted by atomic mass is 9.95. The third-order valence-corrected chi connectivity index (χ3v) is 5.99. The summed E-state index contributed by atoms with van der Waals surface area (Å²) in [4.78, 5) is 25.3. The highest BCUT2D eigenvalue weighted by Crippen LogP contribution is 2.50. The van der Waals surface area contributed by atoms with E-state index in [9.17, 15) is 9.59 Å². The van der Waals surface area contributed by atoms with E-state index in [2.05, 4.69) is 10.6 Å². The summed E-state index contributed by atoms with van der Waals surface area (Å²) < 4.78 is 0. The Morgan fingerprint density at radius 1 is 1.08 bits per heavy atom. The Morgan fingerprint density at radius 2 is 1.88 bits per heavy atom. The highest BCUT2D eigenvalue weighted by atomic mass is 16.2. The molecule has 4 heteroatoms. The lowest BCUT2D eigenvalue weighted by molar-refractivity contribution is 0.0943. The molecular formula is C21H20N2O2. The number of hydrogen-bond donors (Lipinski definition) is 2. The summed E-state index contributed by atoms with van der Waals surface area (Å²) in [6.07, 6.45) is 3.42. The minimum Gasteiger partial charge on any atom is -0.349 e. The van der Waals surface area contributed by atoms with Crippen molar-refractivity contribution >= 4 is 11.7 Å². The molecule has 5 rings (SSSR count). The molecule has 0 bridgehead atoms. The smallest absolute Gasteiger partial charge is 0.251 e. The number of carbonyl (C=O) groups is 2. The van der Waals surface area contributed by atoms with Crippen molar-refractivity contribution in [2.75, 3.05) is 13.1 Å². The Labute approximate surface area is 146 Å². The largest absolute Gasteiger partial charge is 0.349 e. The minimum atomic E-state index is -0.0704. The average Bonchev–Trinajstić information content (AvgIpc) is 3.21. The number of benzene rings is 2. The second-order valence-electron chi connectivity index (χ2n) is 7.51. The van der Waals surface area contributed by atoms with E-state index in [1.807, 2.05) is 36.4 Å². The van der Waals surface area contributed by atoms with Crippen LogP contribution in [-0.4, -0.2) is 30.8 Å². The molecule has 0 radical (unpaired) electrons. The number of piperidine rings is 1. The van der Waals surface area contributed by atoms with Crippen LogP contribution in [0.3, 0.4) is 0 Å². The maximum Gasteiger partial charge on any atom is 0.251 e. The van der Waals surface area contributed by atoms with E-state index < -0.39 is 0 Å². The molecule has 1 heterocycles. The van der Waals surface area contributed by atoms with Gasteiger partial charge < -0.3 is 10.6 Å². The third kappa shape index (κ3) is 2.24. The fraction of sp³-hybridized carbons (Fsp3) is 0.333. The topological polar surface area (TPSA) is 58.2 Å². The maximum absolute atomic E-state index is 12.7. The van der Waals surface area contributed by atoms with Crippen molar-refractivity contribution in [2.45, 2.75) is 25.3 Å². The first-order chi connectivity index (χ1) is 12.2. The fourth-order valence-electron chi connectivity index (χ4n) is 4.43. The van der Waals surface area contributed by atoms with Gasteiger partial charge in [0.15, 0.2) is 5.78 Å². The van der Waals surface area contributed by atoms with Crippen molar-refractivity contribution in [1.82, 2.24) is 10.6 Å². The van der Waals surface area contributed by atoms with Crippen molar-refractivity contribution in [2.24, 2.45) is 5.41 Å². The zero-order valence-electron chi connectivity index (χ0n) is 14.0. The minimum absolute atomic E-state index is 0.0135. The van der Waals surface area contributed by atoms with Gasteiger partial charge in [-0.1, -0.05) is 30.3 Å². The van der Waals surface area contributed by atoms with Gasteiger partial charge in [0.2, 0.25) is 0 Å². The summed E-state index contributed by atoms with van der Waals surface area (Å²) in [7, 11) is 0. The molecule has 1 spiro atoms. The molecule has 4 nitrogen and oxygen atoms in total. The molecule has 2 fully saturated rings. The molecule has 2 N–H and O–H groups in total. The fourth-order valence-corrected chi connectivity index (χ4v) is 4.43. The second-order valence-corrected chi connectivity index (χ2v) is 7.51. The van der Waals surface area contributed by atoms with Crippen LogP contribution in [0.1, 0.15) is 45.5 Å². The highest BCUT2D eigenvalue weighted by Gasteiger charge is 2.54. The van der Waals surface area contributed by atoms with Gasteiger partial charge in [0.1, 0.15) is 0 Å². The van der Waals surface area contributed by atoms with Gasteiger partial charge in [-0.3, -0.25) is 9.59 Å². The Hall–Kier alpha value is -2.46. The number of amides is 1. The van der Waals surface area contributed by atoms with Crippen LogP contribution in [0.25, 0.3) is 11.1 Å². The van der Waals surface area contributed by atoms with Crippen LogP contribution < -0.4 is 10.6 Å². The van der Waals surface area contributed by atoms with Crippen LogP contribution in [-0.2, 0) is 0 Å². The van der Waals surface area contributed by atoms with Gasteiger partial charge in [-0.05, 0) is 49.1 Å². The van der Waals surface area contributed by atoms with Crippen LogP contribution in [0, 0.1) is 5.41 Å². The monoisotopic (exact) mass is 332 g/mol. The number of carbonyl (C=O) groups excluding carboxylic acids is 2. The molecule has 1 saturated heterocycles. The normalized spacial score (nSPS) is 26.2. The predicted octanol–water partition coefficient (Wildman–Crippen LogP) is 2.77. The van der Waals surface area contributed by atoms with Crippen molar-refractivity contribution in [3.8, 4) is 11.1 Å².